The second-order valence-electron chi connectivity index (χ2n) is 3.95. The van der Waals surface area contributed by atoms with Crippen molar-refractivity contribution in [1.82, 2.24) is 5.32 Å². The Bertz CT molecular complexity index is 580. The molecule has 0 radical (unpaired) electrons. The van der Waals surface area contributed by atoms with Gasteiger partial charge < -0.3 is 11.1 Å². The monoisotopic (exact) mass is 324 g/mol. The third-order valence-electron chi connectivity index (χ3n) is 2.63. The molecule has 0 aliphatic rings. The Morgan fingerprint density at radius 3 is 2.83 bits per heavy atom. The van der Waals surface area contributed by atoms with Crippen molar-refractivity contribution >= 4 is 38.9 Å². The fraction of sp³-hybridized carbons (Fsp3) is 0.154. The number of carbonyl (C=O) groups is 1. The summed E-state index contributed by atoms with van der Waals surface area (Å²) in [4.78, 5) is 13.1. The van der Waals surface area contributed by atoms with Crippen molar-refractivity contribution in [2.24, 2.45) is 0 Å². The predicted molar refractivity (Wildman–Crippen MR) is 78.8 cm³/mol. The molecule has 1 aromatic carbocycles. The standard InChI is InChI=1S/C13H13BrN2OS/c1-8-6-9(2-3-11(8)15)13(17)16-7-12-10(14)4-5-18-12/h2-6H,7,15H2,1H3,(H,16,17). The van der Waals surface area contributed by atoms with E-state index in [9.17, 15) is 4.79 Å². The number of halogens is 1. The molecule has 0 bridgehead atoms. The lowest BCUT2D eigenvalue weighted by molar-refractivity contribution is 0.0951. The first-order valence-corrected chi connectivity index (χ1v) is 7.11. The highest BCUT2D eigenvalue weighted by Crippen LogP contribution is 2.22. The number of nitrogens with one attached hydrogen (secondary N) is 1. The number of hydrogen-bond acceptors (Lipinski definition) is 3. The Kier molecular flexibility index (Phi) is 4.04. The van der Waals surface area contributed by atoms with Crippen LogP contribution in [0.15, 0.2) is 34.1 Å². The average molecular weight is 325 g/mol. The van der Waals surface area contributed by atoms with Gasteiger partial charge in [-0.15, -0.1) is 11.3 Å². The van der Waals surface area contributed by atoms with E-state index in [4.69, 9.17) is 5.73 Å². The number of nitrogens with two attached hydrogens (primary N) is 1. The minimum atomic E-state index is -0.0848. The van der Waals surface area contributed by atoms with Crippen molar-refractivity contribution in [2.75, 3.05) is 5.73 Å². The summed E-state index contributed by atoms with van der Waals surface area (Å²) in [5.41, 5.74) is 7.98. The van der Waals surface area contributed by atoms with Crippen LogP contribution in [0.2, 0.25) is 0 Å². The first-order chi connectivity index (χ1) is 8.58. The van der Waals surface area contributed by atoms with Crippen LogP contribution in [0.1, 0.15) is 20.8 Å². The van der Waals surface area contributed by atoms with Gasteiger partial charge in [-0.2, -0.15) is 0 Å². The highest BCUT2D eigenvalue weighted by molar-refractivity contribution is 9.10. The van der Waals surface area contributed by atoms with Crippen molar-refractivity contribution in [3.63, 3.8) is 0 Å². The summed E-state index contributed by atoms with van der Waals surface area (Å²) in [6.07, 6.45) is 0. The molecule has 0 unspecified atom stereocenters. The van der Waals surface area contributed by atoms with Crippen LogP contribution in [0, 0.1) is 6.92 Å². The van der Waals surface area contributed by atoms with Gasteiger partial charge in [0.25, 0.3) is 5.91 Å². The van der Waals surface area contributed by atoms with Gasteiger partial charge in [0.1, 0.15) is 0 Å². The Labute approximate surface area is 118 Å². The number of carbonyl (C=O) groups excluding carboxylic acids is 1. The molecule has 2 rings (SSSR count). The highest BCUT2D eigenvalue weighted by atomic mass is 79.9. The van der Waals surface area contributed by atoms with Crippen LogP contribution in [0.3, 0.4) is 0 Å². The Balaban J connectivity index is 2.04. The van der Waals surface area contributed by atoms with Gasteiger partial charge in [0.05, 0.1) is 6.54 Å². The molecule has 1 aromatic heterocycles. The minimum absolute atomic E-state index is 0.0848. The summed E-state index contributed by atoms with van der Waals surface area (Å²) >= 11 is 5.05. The molecule has 3 N–H and O–H groups in total. The predicted octanol–water partition coefficient (Wildman–Crippen LogP) is 3.33. The lowest BCUT2D eigenvalue weighted by Gasteiger charge is -2.06. The van der Waals surface area contributed by atoms with Gasteiger partial charge in [-0.25, -0.2) is 0 Å². The summed E-state index contributed by atoms with van der Waals surface area (Å²) in [5, 5.41) is 4.87. The van der Waals surface area contributed by atoms with Crippen molar-refractivity contribution < 1.29 is 4.79 Å². The van der Waals surface area contributed by atoms with Crippen LogP contribution in [-0.2, 0) is 6.54 Å². The number of rotatable bonds is 3. The van der Waals surface area contributed by atoms with Gasteiger partial charge in [0, 0.05) is 20.6 Å². The van der Waals surface area contributed by atoms with E-state index in [0.717, 1.165) is 14.9 Å². The van der Waals surface area contributed by atoms with Crippen LogP contribution in [0.5, 0.6) is 0 Å². The maximum atomic E-state index is 12.0. The van der Waals surface area contributed by atoms with Crippen molar-refractivity contribution in [1.29, 1.82) is 0 Å². The quantitative estimate of drug-likeness (QED) is 0.851. The third kappa shape index (κ3) is 2.91. The lowest BCUT2D eigenvalue weighted by atomic mass is 10.1. The van der Waals surface area contributed by atoms with E-state index in [0.29, 0.717) is 17.8 Å². The maximum Gasteiger partial charge on any atom is 0.251 e. The van der Waals surface area contributed by atoms with Crippen LogP contribution in [-0.4, -0.2) is 5.91 Å². The van der Waals surface area contributed by atoms with E-state index in [2.05, 4.69) is 21.2 Å². The number of nitrogen functional groups attached to an aromatic ring is 1. The number of hydrogen-bond donors (Lipinski definition) is 2. The maximum absolute atomic E-state index is 12.0. The molecule has 3 nitrogen and oxygen atoms in total. The Morgan fingerprint density at radius 2 is 2.22 bits per heavy atom. The number of amides is 1. The van der Waals surface area contributed by atoms with Crippen LogP contribution in [0.4, 0.5) is 5.69 Å². The molecule has 0 aliphatic heterocycles. The smallest absolute Gasteiger partial charge is 0.251 e. The second-order valence-corrected chi connectivity index (χ2v) is 5.80. The average Bonchev–Trinajstić information content (AvgIpc) is 2.75. The van der Waals surface area contributed by atoms with Gasteiger partial charge in [0.2, 0.25) is 0 Å². The van der Waals surface area contributed by atoms with Gasteiger partial charge in [-0.3, -0.25) is 4.79 Å². The van der Waals surface area contributed by atoms with Crippen molar-refractivity contribution in [3.05, 3.63) is 50.1 Å². The number of benzene rings is 1. The van der Waals surface area contributed by atoms with E-state index in [1.807, 2.05) is 18.4 Å². The zero-order valence-electron chi connectivity index (χ0n) is 9.87. The molecule has 2 aromatic rings. The zero-order chi connectivity index (χ0) is 13.1. The molecule has 0 spiro atoms. The topological polar surface area (TPSA) is 55.1 Å². The molecule has 1 heterocycles. The van der Waals surface area contributed by atoms with Crippen LogP contribution in [0.25, 0.3) is 0 Å². The van der Waals surface area contributed by atoms with Gasteiger partial charge in [-0.1, -0.05) is 0 Å². The summed E-state index contributed by atoms with van der Waals surface area (Å²) in [6.45, 7) is 2.42. The number of anilines is 1. The van der Waals surface area contributed by atoms with E-state index in [-0.39, 0.29) is 5.91 Å². The molecule has 94 valence electrons. The summed E-state index contributed by atoms with van der Waals surface area (Å²) in [7, 11) is 0. The third-order valence-corrected chi connectivity index (χ3v) is 4.56. The zero-order valence-corrected chi connectivity index (χ0v) is 12.3. The van der Waals surface area contributed by atoms with E-state index < -0.39 is 0 Å². The van der Waals surface area contributed by atoms with E-state index in [1.165, 1.54) is 0 Å². The second kappa shape index (κ2) is 5.54. The Morgan fingerprint density at radius 1 is 1.44 bits per heavy atom. The van der Waals surface area contributed by atoms with E-state index >= 15 is 0 Å². The lowest BCUT2D eigenvalue weighted by Crippen LogP contribution is -2.22. The van der Waals surface area contributed by atoms with Crippen molar-refractivity contribution in [3.8, 4) is 0 Å². The molecular formula is C13H13BrN2OS. The fourth-order valence-electron chi connectivity index (χ4n) is 1.53. The van der Waals surface area contributed by atoms with Gasteiger partial charge in [-0.05, 0) is 58.1 Å². The largest absolute Gasteiger partial charge is 0.399 e. The molecular weight excluding hydrogens is 312 g/mol. The minimum Gasteiger partial charge on any atom is -0.399 e. The summed E-state index contributed by atoms with van der Waals surface area (Å²) in [6, 6.07) is 7.26. The molecule has 5 heteroatoms. The molecule has 0 atom stereocenters. The molecule has 18 heavy (non-hydrogen) atoms. The van der Waals surface area contributed by atoms with Crippen LogP contribution < -0.4 is 11.1 Å². The SMILES string of the molecule is Cc1cc(C(=O)NCc2sccc2Br)ccc1N. The summed E-state index contributed by atoms with van der Waals surface area (Å²) in [5.74, 6) is -0.0848. The molecule has 0 fully saturated rings. The first kappa shape index (κ1) is 13.1. The van der Waals surface area contributed by atoms with E-state index in [1.54, 1.807) is 29.5 Å². The van der Waals surface area contributed by atoms with Crippen LogP contribution >= 0.6 is 27.3 Å². The normalized spacial score (nSPS) is 10.3. The first-order valence-electron chi connectivity index (χ1n) is 5.44. The fourth-order valence-corrected chi connectivity index (χ4v) is 2.96. The van der Waals surface area contributed by atoms with Gasteiger partial charge in [0.15, 0.2) is 0 Å². The molecule has 0 aliphatic carbocycles. The van der Waals surface area contributed by atoms with Crippen molar-refractivity contribution in [2.45, 2.75) is 13.5 Å². The molecule has 0 saturated heterocycles. The summed E-state index contributed by atoms with van der Waals surface area (Å²) < 4.78 is 1.03. The Hall–Kier alpha value is -1.33. The number of thiophene rings is 1. The number of aryl methyl sites for hydroxylation is 1. The molecule has 1 amide bonds. The van der Waals surface area contributed by atoms with Gasteiger partial charge >= 0.3 is 0 Å². The highest BCUT2D eigenvalue weighted by Gasteiger charge is 2.08. The molecule has 0 saturated carbocycles.